The summed E-state index contributed by atoms with van der Waals surface area (Å²) in [4.78, 5) is 27.5. The van der Waals surface area contributed by atoms with Gasteiger partial charge in [-0.05, 0) is 29.8 Å². The summed E-state index contributed by atoms with van der Waals surface area (Å²) in [5.74, 6) is -0.0992. The van der Waals surface area contributed by atoms with Crippen molar-refractivity contribution >= 4 is 52.5 Å². The molecule has 0 bridgehead atoms. The molecule has 6 nitrogen and oxygen atoms in total. The number of piperazine rings is 1. The van der Waals surface area contributed by atoms with Crippen LogP contribution in [0.5, 0.6) is 0 Å². The Balaban J connectivity index is 1.86. The number of benzene rings is 2. The SMILES string of the molecule is CC(=O)N1CCN(C(=O)/C=C/c2cccc(Cl)c2-c2cc(N)c(N)cc2Cl)CC1. The molecule has 0 atom stereocenters. The van der Waals surface area contributed by atoms with E-state index in [1.165, 1.54) is 13.0 Å². The number of anilines is 2. The Morgan fingerprint density at radius 2 is 1.59 bits per heavy atom. The van der Waals surface area contributed by atoms with Crippen LogP contribution in [0.15, 0.2) is 36.4 Å². The van der Waals surface area contributed by atoms with Crippen molar-refractivity contribution < 1.29 is 9.59 Å². The second kappa shape index (κ2) is 8.76. The van der Waals surface area contributed by atoms with Gasteiger partial charge in [0.1, 0.15) is 0 Å². The van der Waals surface area contributed by atoms with Crippen molar-refractivity contribution in [1.29, 1.82) is 0 Å². The maximum Gasteiger partial charge on any atom is 0.246 e. The van der Waals surface area contributed by atoms with Gasteiger partial charge in [0.05, 0.1) is 16.4 Å². The lowest BCUT2D eigenvalue weighted by Crippen LogP contribution is -2.49. The molecule has 152 valence electrons. The van der Waals surface area contributed by atoms with E-state index >= 15 is 0 Å². The predicted octanol–water partition coefficient (Wildman–Crippen LogP) is 3.53. The normalized spacial score (nSPS) is 14.4. The summed E-state index contributed by atoms with van der Waals surface area (Å²) in [6.45, 7) is 3.62. The van der Waals surface area contributed by atoms with Crippen molar-refractivity contribution in [3.05, 3.63) is 52.0 Å². The number of nitrogen functional groups attached to an aromatic ring is 2. The number of rotatable bonds is 3. The summed E-state index contributed by atoms with van der Waals surface area (Å²) in [7, 11) is 0. The summed E-state index contributed by atoms with van der Waals surface area (Å²) < 4.78 is 0. The van der Waals surface area contributed by atoms with Crippen LogP contribution >= 0.6 is 23.2 Å². The lowest BCUT2D eigenvalue weighted by molar-refractivity contribution is -0.135. The van der Waals surface area contributed by atoms with Crippen molar-refractivity contribution in [2.24, 2.45) is 0 Å². The molecule has 2 aromatic carbocycles. The Morgan fingerprint density at radius 1 is 0.966 bits per heavy atom. The average molecular weight is 433 g/mol. The molecule has 4 N–H and O–H groups in total. The van der Waals surface area contributed by atoms with Crippen LogP contribution in [0.1, 0.15) is 12.5 Å². The number of amides is 2. The van der Waals surface area contributed by atoms with Gasteiger partial charge in [0.15, 0.2) is 0 Å². The first-order valence-corrected chi connectivity index (χ1v) is 9.89. The van der Waals surface area contributed by atoms with Gasteiger partial charge in [-0.25, -0.2) is 0 Å². The zero-order valence-electron chi connectivity index (χ0n) is 16.0. The highest BCUT2D eigenvalue weighted by atomic mass is 35.5. The van der Waals surface area contributed by atoms with Gasteiger partial charge >= 0.3 is 0 Å². The van der Waals surface area contributed by atoms with Gasteiger partial charge in [0, 0.05) is 55.3 Å². The maximum atomic E-state index is 12.6. The third-order valence-corrected chi connectivity index (χ3v) is 5.56. The number of nitrogens with zero attached hydrogens (tertiary/aromatic N) is 2. The molecule has 1 fully saturated rings. The van der Waals surface area contributed by atoms with E-state index in [2.05, 4.69) is 0 Å². The molecule has 0 saturated carbocycles. The van der Waals surface area contributed by atoms with E-state index in [1.807, 2.05) is 6.07 Å². The van der Waals surface area contributed by atoms with E-state index in [4.69, 9.17) is 34.7 Å². The van der Waals surface area contributed by atoms with Gasteiger partial charge in [-0.3, -0.25) is 9.59 Å². The first kappa shape index (κ1) is 21.0. The van der Waals surface area contributed by atoms with Crippen molar-refractivity contribution in [3.63, 3.8) is 0 Å². The molecule has 1 aliphatic heterocycles. The third-order valence-electron chi connectivity index (χ3n) is 4.93. The minimum absolute atomic E-state index is 0.0239. The molecule has 0 aromatic heterocycles. The zero-order chi connectivity index (χ0) is 21.1. The van der Waals surface area contributed by atoms with Crippen LogP contribution in [-0.4, -0.2) is 47.8 Å². The molecule has 2 aromatic rings. The smallest absolute Gasteiger partial charge is 0.246 e. The highest BCUT2D eigenvalue weighted by molar-refractivity contribution is 6.37. The first-order valence-electron chi connectivity index (χ1n) is 9.14. The number of halogens is 2. The van der Waals surface area contributed by atoms with Crippen LogP contribution in [0.4, 0.5) is 11.4 Å². The molecule has 0 spiro atoms. The number of hydrogen-bond donors (Lipinski definition) is 2. The molecule has 3 rings (SSSR count). The van der Waals surface area contributed by atoms with Gasteiger partial charge in [-0.15, -0.1) is 0 Å². The number of hydrogen-bond acceptors (Lipinski definition) is 4. The monoisotopic (exact) mass is 432 g/mol. The minimum atomic E-state index is -0.123. The Morgan fingerprint density at radius 3 is 2.24 bits per heavy atom. The van der Waals surface area contributed by atoms with Crippen molar-refractivity contribution in [3.8, 4) is 11.1 Å². The van der Waals surface area contributed by atoms with Gasteiger partial charge in [0.25, 0.3) is 0 Å². The van der Waals surface area contributed by atoms with Crippen LogP contribution in [0, 0.1) is 0 Å². The lowest BCUT2D eigenvalue weighted by Gasteiger charge is -2.33. The van der Waals surface area contributed by atoms with Crippen LogP contribution in [0.25, 0.3) is 17.2 Å². The first-order chi connectivity index (χ1) is 13.8. The predicted molar refractivity (Wildman–Crippen MR) is 119 cm³/mol. The van der Waals surface area contributed by atoms with E-state index in [-0.39, 0.29) is 11.8 Å². The van der Waals surface area contributed by atoms with Crippen LogP contribution in [0.2, 0.25) is 10.0 Å². The van der Waals surface area contributed by atoms with E-state index in [0.29, 0.717) is 58.7 Å². The Labute approximate surface area is 179 Å². The maximum absolute atomic E-state index is 12.6. The van der Waals surface area contributed by atoms with Crippen LogP contribution in [-0.2, 0) is 9.59 Å². The Kier molecular flexibility index (Phi) is 6.35. The fourth-order valence-electron chi connectivity index (χ4n) is 3.27. The molecule has 29 heavy (non-hydrogen) atoms. The molecule has 1 heterocycles. The largest absolute Gasteiger partial charge is 0.397 e. The molecule has 8 heteroatoms. The van der Waals surface area contributed by atoms with Crippen molar-refractivity contribution in [2.75, 3.05) is 37.6 Å². The van der Waals surface area contributed by atoms with Crippen molar-refractivity contribution in [1.82, 2.24) is 9.80 Å². The van der Waals surface area contributed by atoms with Gasteiger partial charge in [-0.2, -0.15) is 0 Å². The standard InChI is InChI=1S/C21H22Cl2N4O2/c1-13(28)26-7-9-27(10-8-26)20(29)6-5-14-3-2-4-16(22)21(14)15-11-18(24)19(25)12-17(15)23/h2-6,11-12H,7-10,24-25H2,1H3/b6-5+. The summed E-state index contributed by atoms with van der Waals surface area (Å²) in [5, 5.41) is 0.909. The molecule has 0 radical (unpaired) electrons. The van der Waals surface area contributed by atoms with Gasteiger partial charge in [0.2, 0.25) is 11.8 Å². The second-order valence-corrected chi connectivity index (χ2v) is 7.64. The Hall–Kier alpha value is -2.70. The number of carbonyl (C=O) groups is 2. The Bertz CT molecular complexity index is 983. The molecule has 2 amide bonds. The van der Waals surface area contributed by atoms with Crippen molar-refractivity contribution in [2.45, 2.75) is 6.92 Å². The van der Waals surface area contributed by atoms with Gasteiger partial charge < -0.3 is 21.3 Å². The number of nitrogens with two attached hydrogens (primary N) is 2. The molecular weight excluding hydrogens is 411 g/mol. The molecular formula is C21H22Cl2N4O2. The molecule has 0 unspecified atom stereocenters. The van der Waals surface area contributed by atoms with E-state index < -0.39 is 0 Å². The van der Waals surface area contributed by atoms with E-state index in [9.17, 15) is 9.59 Å². The molecule has 1 aliphatic rings. The van der Waals surface area contributed by atoms with E-state index in [0.717, 1.165) is 5.56 Å². The van der Waals surface area contributed by atoms with Gasteiger partial charge in [-0.1, -0.05) is 35.3 Å². The highest BCUT2D eigenvalue weighted by Gasteiger charge is 2.21. The molecule has 1 saturated heterocycles. The second-order valence-electron chi connectivity index (χ2n) is 6.83. The number of carbonyl (C=O) groups excluding carboxylic acids is 2. The summed E-state index contributed by atoms with van der Waals surface area (Å²) in [5.41, 5.74) is 14.6. The summed E-state index contributed by atoms with van der Waals surface area (Å²) >= 11 is 12.8. The van der Waals surface area contributed by atoms with E-state index in [1.54, 1.807) is 40.1 Å². The third kappa shape index (κ3) is 4.66. The molecule has 0 aliphatic carbocycles. The fourth-order valence-corrected chi connectivity index (χ4v) is 3.82. The highest BCUT2D eigenvalue weighted by Crippen LogP contribution is 2.39. The lowest BCUT2D eigenvalue weighted by atomic mass is 9.98. The fraction of sp³-hybridized carbons (Fsp3) is 0.238. The quantitative estimate of drug-likeness (QED) is 0.572. The minimum Gasteiger partial charge on any atom is -0.397 e. The topological polar surface area (TPSA) is 92.7 Å². The zero-order valence-corrected chi connectivity index (χ0v) is 17.5. The van der Waals surface area contributed by atoms with Crippen LogP contribution in [0.3, 0.4) is 0 Å². The summed E-state index contributed by atoms with van der Waals surface area (Å²) in [6, 6.07) is 8.67. The van der Waals surface area contributed by atoms with Crippen LogP contribution < -0.4 is 11.5 Å². The average Bonchev–Trinajstić information content (AvgIpc) is 2.69. The summed E-state index contributed by atoms with van der Waals surface area (Å²) in [6.07, 6.45) is 3.22.